The van der Waals surface area contributed by atoms with Crippen molar-refractivity contribution in [1.82, 2.24) is 5.32 Å². The molecule has 1 aromatic rings. The van der Waals surface area contributed by atoms with Crippen molar-refractivity contribution in [3.8, 4) is 0 Å². The van der Waals surface area contributed by atoms with Crippen molar-refractivity contribution in [1.29, 1.82) is 0 Å². The highest BCUT2D eigenvalue weighted by atomic mass is 79.9. The molecule has 0 saturated carbocycles. The van der Waals surface area contributed by atoms with Crippen LogP contribution in [0.1, 0.15) is 31.4 Å². The van der Waals surface area contributed by atoms with Crippen LogP contribution in [0, 0.1) is 5.82 Å². The summed E-state index contributed by atoms with van der Waals surface area (Å²) in [6.45, 7) is 2.02. The lowest BCUT2D eigenvalue weighted by molar-refractivity contribution is 0.106. The van der Waals surface area contributed by atoms with Crippen LogP contribution in [-0.2, 0) is 4.74 Å². The fraction of sp³-hybridized carbons (Fsp3) is 0.538. The van der Waals surface area contributed by atoms with Gasteiger partial charge in [0.05, 0.1) is 10.6 Å². The Labute approximate surface area is 111 Å². The van der Waals surface area contributed by atoms with E-state index in [-0.39, 0.29) is 18.0 Å². The monoisotopic (exact) mass is 303 g/mol. The van der Waals surface area contributed by atoms with Crippen LogP contribution < -0.4 is 5.32 Å². The summed E-state index contributed by atoms with van der Waals surface area (Å²) in [6, 6.07) is 5.40. The molecule has 2 unspecified atom stereocenters. The molecule has 1 rings (SSSR count). The van der Waals surface area contributed by atoms with Crippen LogP contribution in [0.15, 0.2) is 22.7 Å². The van der Waals surface area contributed by atoms with Crippen LogP contribution in [0.5, 0.6) is 0 Å². The number of ether oxygens (including phenoxy) is 1. The van der Waals surface area contributed by atoms with E-state index >= 15 is 0 Å². The molecule has 0 aliphatic heterocycles. The van der Waals surface area contributed by atoms with Gasteiger partial charge in [-0.1, -0.05) is 12.1 Å². The lowest BCUT2D eigenvalue weighted by Crippen LogP contribution is -2.20. The molecule has 4 heteroatoms. The minimum absolute atomic E-state index is 0.0186. The van der Waals surface area contributed by atoms with Gasteiger partial charge in [-0.2, -0.15) is 0 Å². The third-order valence-electron chi connectivity index (χ3n) is 2.97. The summed E-state index contributed by atoms with van der Waals surface area (Å²) in [5, 5.41) is 3.15. The Morgan fingerprint density at radius 3 is 2.71 bits per heavy atom. The van der Waals surface area contributed by atoms with Crippen LogP contribution >= 0.6 is 15.9 Å². The molecule has 1 aromatic carbocycles. The first-order valence-electron chi connectivity index (χ1n) is 5.74. The Balaban J connectivity index is 2.76. The zero-order valence-electron chi connectivity index (χ0n) is 10.5. The number of hydrogen-bond acceptors (Lipinski definition) is 2. The second-order valence-electron chi connectivity index (χ2n) is 4.11. The van der Waals surface area contributed by atoms with E-state index in [0.717, 1.165) is 12.8 Å². The largest absolute Gasteiger partial charge is 0.382 e. The molecule has 0 bridgehead atoms. The van der Waals surface area contributed by atoms with Crippen LogP contribution in [0.3, 0.4) is 0 Å². The topological polar surface area (TPSA) is 21.3 Å². The predicted octanol–water partition coefficient (Wildman–Crippen LogP) is 3.66. The molecule has 0 amide bonds. The van der Waals surface area contributed by atoms with Crippen molar-refractivity contribution in [2.75, 3.05) is 14.2 Å². The Morgan fingerprint density at radius 1 is 1.41 bits per heavy atom. The summed E-state index contributed by atoms with van der Waals surface area (Å²) in [7, 11) is 3.54. The van der Waals surface area contributed by atoms with Crippen molar-refractivity contribution in [3.63, 3.8) is 0 Å². The number of hydrogen-bond donors (Lipinski definition) is 1. The van der Waals surface area contributed by atoms with Gasteiger partial charge in [-0.25, -0.2) is 4.39 Å². The third kappa shape index (κ3) is 4.05. The maximum atomic E-state index is 13.9. The van der Waals surface area contributed by atoms with Gasteiger partial charge in [0.1, 0.15) is 5.82 Å². The van der Waals surface area contributed by atoms with Gasteiger partial charge in [0, 0.05) is 18.7 Å². The summed E-state index contributed by atoms with van der Waals surface area (Å²) in [5.74, 6) is -0.183. The molecule has 2 atom stereocenters. The minimum Gasteiger partial charge on any atom is -0.382 e. The summed E-state index contributed by atoms with van der Waals surface area (Å²) in [5.41, 5.74) is 0.699. The fourth-order valence-electron chi connectivity index (χ4n) is 1.76. The number of benzene rings is 1. The van der Waals surface area contributed by atoms with E-state index in [9.17, 15) is 4.39 Å². The molecule has 2 nitrogen and oxygen atoms in total. The van der Waals surface area contributed by atoms with Gasteiger partial charge in [-0.05, 0) is 48.8 Å². The van der Waals surface area contributed by atoms with Gasteiger partial charge in [-0.3, -0.25) is 0 Å². The lowest BCUT2D eigenvalue weighted by Gasteiger charge is -2.19. The van der Waals surface area contributed by atoms with Gasteiger partial charge in [-0.15, -0.1) is 0 Å². The van der Waals surface area contributed by atoms with Gasteiger partial charge < -0.3 is 10.1 Å². The molecule has 0 saturated heterocycles. The highest BCUT2D eigenvalue weighted by molar-refractivity contribution is 9.10. The maximum Gasteiger partial charge on any atom is 0.142 e. The molecule has 0 aliphatic rings. The summed E-state index contributed by atoms with van der Waals surface area (Å²) in [6.07, 6.45) is 1.94. The summed E-state index contributed by atoms with van der Waals surface area (Å²) in [4.78, 5) is 0. The molecule has 0 aliphatic carbocycles. The standard InChI is InChI=1S/C13H19BrFNO/c1-9(17-3)7-8-12(16-2)10-5-4-6-11(14)13(10)15/h4-6,9,12,16H,7-8H2,1-3H3. The van der Waals surface area contributed by atoms with E-state index in [1.54, 1.807) is 13.2 Å². The summed E-state index contributed by atoms with van der Waals surface area (Å²) >= 11 is 3.21. The maximum absolute atomic E-state index is 13.9. The van der Waals surface area contributed by atoms with Crippen LogP contribution in [-0.4, -0.2) is 20.3 Å². The molecule has 0 radical (unpaired) electrons. The second kappa shape index (κ2) is 7.09. The van der Waals surface area contributed by atoms with Crippen LogP contribution in [0.4, 0.5) is 4.39 Å². The Bertz CT molecular complexity index is 359. The van der Waals surface area contributed by atoms with Crippen LogP contribution in [0.2, 0.25) is 0 Å². The van der Waals surface area contributed by atoms with Gasteiger partial charge in [0.15, 0.2) is 0 Å². The van der Waals surface area contributed by atoms with Crippen molar-refractivity contribution >= 4 is 15.9 Å². The molecule has 0 fully saturated rings. The first-order valence-corrected chi connectivity index (χ1v) is 6.53. The molecular weight excluding hydrogens is 285 g/mol. The lowest BCUT2D eigenvalue weighted by atomic mass is 10.00. The molecule has 0 heterocycles. The van der Waals surface area contributed by atoms with E-state index in [4.69, 9.17) is 4.74 Å². The average molecular weight is 304 g/mol. The number of methoxy groups -OCH3 is 1. The Hall–Kier alpha value is -0.450. The minimum atomic E-state index is -0.183. The number of nitrogens with one attached hydrogen (secondary N) is 1. The molecule has 96 valence electrons. The first kappa shape index (κ1) is 14.6. The normalized spacial score (nSPS) is 14.6. The van der Waals surface area contributed by atoms with Gasteiger partial charge >= 0.3 is 0 Å². The first-order chi connectivity index (χ1) is 8.10. The highest BCUT2D eigenvalue weighted by Crippen LogP contribution is 2.26. The molecule has 17 heavy (non-hydrogen) atoms. The van der Waals surface area contributed by atoms with E-state index in [0.29, 0.717) is 10.0 Å². The molecular formula is C13H19BrFNO. The second-order valence-corrected chi connectivity index (χ2v) is 4.96. The van der Waals surface area contributed by atoms with Crippen molar-refractivity contribution in [3.05, 3.63) is 34.1 Å². The number of rotatable bonds is 6. The zero-order valence-corrected chi connectivity index (χ0v) is 12.1. The molecule has 0 spiro atoms. The quantitative estimate of drug-likeness (QED) is 0.866. The van der Waals surface area contributed by atoms with E-state index in [1.165, 1.54) is 0 Å². The van der Waals surface area contributed by atoms with E-state index in [2.05, 4.69) is 21.2 Å². The highest BCUT2D eigenvalue weighted by Gasteiger charge is 2.16. The summed E-state index contributed by atoms with van der Waals surface area (Å²) < 4.78 is 19.6. The zero-order chi connectivity index (χ0) is 12.8. The third-order valence-corrected chi connectivity index (χ3v) is 3.58. The van der Waals surface area contributed by atoms with Gasteiger partial charge in [0.25, 0.3) is 0 Å². The van der Waals surface area contributed by atoms with E-state index in [1.807, 2.05) is 26.1 Å². The van der Waals surface area contributed by atoms with Gasteiger partial charge in [0.2, 0.25) is 0 Å². The predicted molar refractivity (Wildman–Crippen MR) is 71.6 cm³/mol. The SMILES string of the molecule is CNC(CCC(C)OC)c1cccc(Br)c1F. The molecule has 1 N–H and O–H groups in total. The number of halogens is 2. The van der Waals surface area contributed by atoms with Crippen molar-refractivity contribution < 1.29 is 9.13 Å². The van der Waals surface area contributed by atoms with Crippen molar-refractivity contribution in [2.45, 2.75) is 31.9 Å². The smallest absolute Gasteiger partial charge is 0.142 e. The van der Waals surface area contributed by atoms with Crippen LogP contribution in [0.25, 0.3) is 0 Å². The fourth-order valence-corrected chi connectivity index (χ4v) is 2.15. The van der Waals surface area contributed by atoms with E-state index < -0.39 is 0 Å². The van der Waals surface area contributed by atoms with Crippen molar-refractivity contribution in [2.24, 2.45) is 0 Å². The Morgan fingerprint density at radius 2 is 2.12 bits per heavy atom. The Kier molecular flexibility index (Phi) is 6.09. The molecule has 0 aromatic heterocycles. The average Bonchev–Trinajstić information content (AvgIpc) is 2.34.